The molecule has 2 aromatic rings. The van der Waals surface area contributed by atoms with Crippen molar-refractivity contribution < 1.29 is 9.59 Å². The molecular formula is C19H20N2O2. The number of hydrogen-bond donors (Lipinski definition) is 0. The molecule has 1 saturated heterocycles. The number of benzene rings is 2. The van der Waals surface area contributed by atoms with Crippen molar-refractivity contribution in [2.45, 2.75) is 25.9 Å². The Balaban J connectivity index is 1.75. The number of amides is 2. The number of carbonyl (C=O) groups excluding carboxylic acids is 2. The van der Waals surface area contributed by atoms with E-state index in [-0.39, 0.29) is 11.8 Å². The molecule has 0 bridgehead atoms. The molecule has 0 aliphatic carbocycles. The fraction of sp³-hybridized carbons (Fsp3) is 0.263. The fourth-order valence-electron chi connectivity index (χ4n) is 2.82. The van der Waals surface area contributed by atoms with Crippen LogP contribution >= 0.6 is 0 Å². The SMILES string of the molecule is O=C1CCC(=O)N1CN(Cc1ccccc1)Cc1ccccc1. The standard InChI is InChI=1S/C19H20N2O2/c22-18-11-12-19(23)21(18)15-20(13-16-7-3-1-4-8-16)14-17-9-5-2-6-10-17/h1-10H,11-15H2. The molecule has 0 N–H and O–H groups in total. The molecule has 1 aliphatic rings. The normalized spacial score (nSPS) is 14.7. The molecule has 0 aromatic heterocycles. The maximum absolute atomic E-state index is 11.9. The van der Waals surface area contributed by atoms with Crippen molar-refractivity contribution in [3.8, 4) is 0 Å². The highest BCUT2D eigenvalue weighted by Gasteiger charge is 2.30. The van der Waals surface area contributed by atoms with Gasteiger partial charge in [0.1, 0.15) is 0 Å². The maximum atomic E-state index is 11.9. The summed E-state index contributed by atoms with van der Waals surface area (Å²) in [6.07, 6.45) is 0.673. The zero-order valence-electron chi connectivity index (χ0n) is 13.0. The van der Waals surface area contributed by atoms with Gasteiger partial charge >= 0.3 is 0 Å². The first kappa shape index (κ1) is 15.4. The third-order valence-electron chi connectivity index (χ3n) is 3.99. The van der Waals surface area contributed by atoms with Crippen LogP contribution in [0.25, 0.3) is 0 Å². The van der Waals surface area contributed by atoms with Crippen LogP contribution in [-0.4, -0.2) is 28.3 Å². The van der Waals surface area contributed by atoms with Crippen LogP contribution in [0, 0.1) is 0 Å². The molecule has 118 valence electrons. The van der Waals surface area contributed by atoms with Crippen LogP contribution in [0.1, 0.15) is 24.0 Å². The van der Waals surface area contributed by atoms with Gasteiger partial charge in [-0.05, 0) is 11.1 Å². The van der Waals surface area contributed by atoms with Gasteiger partial charge in [0.15, 0.2) is 0 Å². The van der Waals surface area contributed by atoms with E-state index in [2.05, 4.69) is 29.2 Å². The van der Waals surface area contributed by atoms with Crippen LogP contribution in [0.4, 0.5) is 0 Å². The number of carbonyl (C=O) groups is 2. The highest BCUT2D eigenvalue weighted by atomic mass is 16.2. The molecule has 0 saturated carbocycles. The lowest BCUT2D eigenvalue weighted by molar-refractivity contribution is -0.141. The van der Waals surface area contributed by atoms with Gasteiger partial charge in [-0.2, -0.15) is 0 Å². The molecule has 2 aromatic carbocycles. The zero-order chi connectivity index (χ0) is 16.1. The van der Waals surface area contributed by atoms with E-state index >= 15 is 0 Å². The first-order chi connectivity index (χ1) is 11.2. The molecule has 0 radical (unpaired) electrons. The quantitative estimate of drug-likeness (QED) is 0.771. The highest BCUT2D eigenvalue weighted by molar-refractivity contribution is 6.01. The van der Waals surface area contributed by atoms with Crippen LogP contribution in [0.15, 0.2) is 60.7 Å². The summed E-state index contributed by atoms with van der Waals surface area (Å²) >= 11 is 0. The molecule has 0 spiro atoms. The van der Waals surface area contributed by atoms with E-state index in [1.165, 1.54) is 16.0 Å². The number of nitrogens with zero attached hydrogens (tertiary/aromatic N) is 2. The zero-order valence-corrected chi connectivity index (χ0v) is 13.0. The summed E-state index contributed by atoms with van der Waals surface area (Å²) in [5, 5.41) is 0. The van der Waals surface area contributed by atoms with Gasteiger partial charge < -0.3 is 0 Å². The van der Waals surface area contributed by atoms with Crippen LogP contribution in [0.3, 0.4) is 0 Å². The largest absolute Gasteiger partial charge is 0.277 e. The summed E-state index contributed by atoms with van der Waals surface area (Å²) in [6.45, 7) is 1.75. The number of likely N-dealkylation sites (tertiary alicyclic amines) is 1. The molecule has 1 heterocycles. The van der Waals surface area contributed by atoms with Gasteiger partial charge in [0.2, 0.25) is 11.8 Å². The predicted octanol–water partition coefficient (Wildman–Crippen LogP) is 2.80. The maximum Gasteiger partial charge on any atom is 0.230 e. The molecule has 0 unspecified atom stereocenters. The average molecular weight is 308 g/mol. The Labute approximate surface area is 136 Å². The second-order valence-electron chi connectivity index (χ2n) is 5.82. The van der Waals surface area contributed by atoms with E-state index in [4.69, 9.17) is 0 Å². The molecule has 4 heteroatoms. The molecule has 23 heavy (non-hydrogen) atoms. The first-order valence-corrected chi connectivity index (χ1v) is 7.86. The first-order valence-electron chi connectivity index (χ1n) is 7.86. The summed E-state index contributed by atoms with van der Waals surface area (Å²) < 4.78 is 0. The highest BCUT2D eigenvalue weighted by Crippen LogP contribution is 2.16. The fourth-order valence-corrected chi connectivity index (χ4v) is 2.82. The van der Waals surface area contributed by atoms with Crippen molar-refractivity contribution in [2.75, 3.05) is 6.67 Å². The number of imide groups is 1. The molecule has 1 fully saturated rings. The van der Waals surface area contributed by atoms with Gasteiger partial charge in [-0.15, -0.1) is 0 Å². The van der Waals surface area contributed by atoms with E-state index in [1.807, 2.05) is 36.4 Å². The lowest BCUT2D eigenvalue weighted by Gasteiger charge is -2.27. The second kappa shape index (κ2) is 7.20. The molecule has 1 aliphatic heterocycles. The summed E-state index contributed by atoms with van der Waals surface area (Å²) in [5.41, 5.74) is 2.34. The third-order valence-corrected chi connectivity index (χ3v) is 3.99. The van der Waals surface area contributed by atoms with Gasteiger partial charge in [-0.1, -0.05) is 60.7 Å². The topological polar surface area (TPSA) is 40.6 Å². The monoisotopic (exact) mass is 308 g/mol. The van der Waals surface area contributed by atoms with Crippen LogP contribution < -0.4 is 0 Å². The summed E-state index contributed by atoms with van der Waals surface area (Å²) in [5.74, 6) is -0.137. The van der Waals surface area contributed by atoms with E-state index in [0.29, 0.717) is 32.6 Å². The van der Waals surface area contributed by atoms with Crippen LogP contribution in [0.2, 0.25) is 0 Å². The Morgan fingerprint density at radius 3 is 1.61 bits per heavy atom. The minimum Gasteiger partial charge on any atom is -0.277 e. The second-order valence-corrected chi connectivity index (χ2v) is 5.82. The number of rotatable bonds is 6. The summed E-state index contributed by atoms with van der Waals surface area (Å²) in [4.78, 5) is 27.3. The molecule has 4 nitrogen and oxygen atoms in total. The van der Waals surface area contributed by atoms with Crippen molar-refractivity contribution in [3.63, 3.8) is 0 Å². The van der Waals surface area contributed by atoms with E-state index in [0.717, 1.165) is 0 Å². The minimum atomic E-state index is -0.0684. The Bertz CT molecular complexity index is 613. The van der Waals surface area contributed by atoms with Gasteiger partial charge in [0.05, 0.1) is 6.67 Å². The van der Waals surface area contributed by atoms with Gasteiger partial charge in [0, 0.05) is 25.9 Å². The lowest BCUT2D eigenvalue weighted by atomic mass is 10.2. The van der Waals surface area contributed by atoms with E-state index in [1.54, 1.807) is 0 Å². The van der Waals surface area contributed by atoms with Crippen molar-refractivity contribution >= 4 is 11.8 Å². The Hall–Kier alpha value is -2.46. The van der Waals surface area contributed by atoms with Crippen molar-refractivity contribution in [1.82, 2.24) is 9.80 Å². The molecule has 3 rings (SSSR count). The van der Waals surface area contributed by atoms with E-state index in [9.17, 15) is 9.59 Å². The smallest absolute Gasteiger partial charge is 0.230 e. The number of hydrogen-bond acceptors (Lipinski definition) is 3. The molecule has 2 amide bonds. The lowest BCUT2D eigenvalue weighted by Crippen LogP contribution is -2.40. The van der Waals surface area contributed by atoms with Crippen molar-refractivity contribution in [2.24, 2.45) is 0 Å². The third kappa shape index (κ3) is 4.05. The van der Waals surface area contributed by atoms with Crippen molar-refractivity contribution in [3.05, 3.63) is 71.8 Å². The van der Waals surface area contributed by atoms with Gasteiger partial charge in [-0.3, -0.25) is 19.4 Å². The average Bonchev–Trinajstić information content (AvgIpc) is 2.89. The van der Waals surface area contributed by atoms with Gasteiger partial charge in [0.25, 0.3) is 0 Å². The van der Waals surface area contributed by atoms with Crippen LogP contribution in [0.5, 0.6) is 0 Å². The summed E-state index contributed by atoms with van der Waals surface area (Å²) in [7, 11) is 0. The summed E-state index contributed by atoms with van der Waals surface area (Å²) in [6, 6.07) is 20.2. The Kier molecular flexibility index (Phi) is 4.83. The Morgan fingerprint density at radius 1 is 0.739 bits per heavy atom. The minimum absolute atomic E-state index is 0.0684. The van der Waals surface area contributed by atoms with Crippen LogP contribution in [-0.2, 0) is 22.7 Å². The van der Waals surface area contributed by atoms with E-state index < -0.39 is 0 Å². The van der Waals surface area contributed by atoms with Gasteiger partial charge in [-0.25, -0.2) is 0 Å². The predicted molar refractivity (Wildman–Crippen MR) is 88.1 cm³/mol. The van der Waals surface area contributed by atoms with Crippen molar-refractivity contribution in [1.29, 1.82) is 0 Å². The molecule has 0 atom stereocenters. The molecular weight excluding hydrogens is 288 g/mol. The Morgan fingerprint density at radius 2 is 1.17 bits per heavy atom.